The molecule has 2 aromatic carbocycles. The van der Waals surface area contributed by atoms with E-state index < -0.39 is 0 Å². The van der Waals surface area contributed by atoms with E-state index in [1.165, 1.54) is 0 Å². The number of carbonyl (C=O) groups excluding carboxylic acids is 1. The third-order valence-electron chi connectivity index (χ3n) is 3.22. The van der Waals surface area contributed by atoms with Gasteiger partial charge in [0.2, 0.25) is 6.79 Å². The van der Waals surface area contributed by atoms with E-state index >= 15 is 0 Å². The highest BCUT2D eigenvalue weighted by atomic mass is 35.5. The lowest BCUT2D eigenvalue weighted by Crippen LogP contribution is -2.19. The maximum absolute atomic E-state index is 12.1. The number of carbonyl (C=O) groups is 1. The zero-order valence-electron chi connectivity index (χ0n) is 11.8. The lowest BCUT2D eigenvalue weighted by Gasteiger charge is -2.04. The normalized spacial score (nSPS) is 13.1. The number of nitrogens with zero attached hydrogens (tertiary/aromatic N) is 1. The predicted molar refractivity (Wildman–Crippen MR) is 83.7 cm³/mol. The van der Waals surface area contributed by atoms with Crippen molar-refractivity contribution in [1.29, 1.82) is 0 Å². The quantitative estimate of drug-likeness (QED) is 0.698. The molecule has 0 radical (unpaired) electrons. The van der Waals surface area contributed by atoms with Gasteiger partial charge in [0, 0.05) is 10.6 Å². The second-order valence-corrected chi connectivity index (χ2v) is 5.15. The number of amides is 1. The van der Waals surface area contributed by atoms with E-state index in [2.05, 4.69) is 10.5 Å². The number of fused-ring (bicyclic) bond motifs is 1. The first-order valence-corrected chi connectivity index (χ1v) is 7.01. The number of hydrazone groups is 1. The van der Waals surface area contributed by atoms with E-state index in [0.717, 1.165) is 5.56 Å². The summed E-state index contributed by atoms with van der Waals surface area (Å²) in [6.07, 6.45) is 0. The molecule has 0 bridgehead atoms. The van der Waals surface area contributed by atoms with Gasteiger partial charge >= 0.3 is 0 Å². The summed E-state index contributed by atoms with van der Waals surface area (Å²) in [6.45, 7) is 1.98. The molecule has 0 saturated carbocycles. The minimum atomic E-state index is -0.313. The Morgan fingerprint density at radius 3 is 2.55 bits per heavy atom. The fourth-order valence-electron chi connectivity index (χ4n) is 1.99. The molecule has 3 rings (SSSR count). The maximum atomic E-state index is 12.1. The second-order valence-electron chi connectivity index (χ2n) is 4.71. The molecule has 5 nitrogen and oxygen atoms in total. The Kier molecular flexibility index (Phi) is 3.98. The van der Waals surface area contributed by atoms with Crippen molar-refractivity contribution in [2.24, 2.45) is 5.10 Å². The lowest BCUT2D eigenvalue weighted by molar-refractivity contribution is 0.0954. The Balaban J connectivity index is 1.71. The van der Waals surface area contributed by atoms with Gasteiger partial charge in [-0.15, -0.1) is 0 Å². The minimum Gasteiger partial charge on any atom is -0.454 e. The van der Waals surface area contributed by atoms with Gasteiger partial charge in [-0.25, -0.2) is 5.43 Å². The molecule has 1 N–H and O–H groups in total. The molecule has 0 aromatic heterocycles. The average Bonchev–Trinajstić information content (AvgIpc) is 3.00. The zero-order chi connectivity index (χ0) is 15.5. The van der Waals surface area contributed by atoms with Crippen LogP contribution in [0.25, 0.3) is 0 Å². The van der Waals surface area contributed by atoms with Gasteiger partial charge in [-0.1, -0.05) is 23.7 Å². The molecule has 0 unspecified atom stereocenters. The summed E-state index contributed by atoms with van der Waals surface area (Å²) in [5, 5.41) is 4.75. The molecule has 1 amide bonds. The smallest absolute Gasteiger partial charge is 0.271 e. The van der Waals surface area contributed by atoms with Crippen LogP contribution >= 0.6 is 11.6 Å². The highest BCUT2D eigenvalue weighted by Gasteiger charge is 2.16. The summed E-state index contributed by atoms with van der Waals surface area (Å²) in [6, 6.07) is 12.2. The van der Waals surface area contributed by atoms with Gasteiger partial charge in [0.1, 0.15) is 0 Å². The van der Waals surface area contributed by atoms with Crippen LogP contribution in [0.15, 0.2) is 47.6 Å². The lowest BCUT2D eigenvalue weighted by atomic mass is 10.1. The van der Waals surface area contributed by atoms with Crippen LogP contribution < -0.4 is 14.9 Å². The molecule has 22 heavy (non-hydrogen) atoms. The first kappa shape index (κ1) is 14.4. The fraction of sp³-hybridized carbons (Fsp3) is 0.125. The van der Waals surface area contributed by atoms with Gasteiger partial charge in [-0.3, -0.25) is 4.79 Å². The topological polar surface area (TPSA) is 59.9 Å². The van der Waals surface area contributed by atoms with Crippen LogP contribution in [0, 0.1) is 0 Å². The summed E-state index contributed by atoms with van der Waals surface area (Å²) in [5.74, 6) is 0.884. The fourth-order valence-corrected chi connectivity index (χ4v) is 2.12. The van der Waals surface area contributed by atoms with Gasteiger partial charge in [0.25, 0.3) is 5.91 Å². The molecule has 112 valence electrons. The van der Waals surface area contributed by atoms with Crippen LogP contribution in [0.1, 0.15) is 22.8 Å². The summed E-state index contributed by atoms with van der Waals surface area (Å²) in [4.78, 5) is 12.1. The second kappa shape index (κ2) is 6.07. The number of benzene rings is 2. The molecule has 1 heterocycles. The molecular weight excluding hydrogens is 304 g/mol. The number of nitrogens with one attached hydrogen (secondary N) is 1. The van der Waals surface area contributed by atoms with Crippen molar-refractivity contribution in [1.82, 2.24) is 5.43 Å². The van der Waals surface area contributed by atoms with E-state index in [1.807, 2.05) is 19.1 Å². The van der Waals surface area contributed by atoms with Crippen molar-refractivity contribution >= 4 is 23.2 Å². The molecule has 0 saturated heterocycles. The molecule has 0 atom stereocenters. The van der Waals surface area contributed by atoms with E-state index in [-0.39, 0.29) is 12.7 Å². The van der Waals surface area contributed by atoms with E-state index in [0.29, 0.717) is 27.8 Å². The molecule has 1 aliphatic heterocycles. The van der Waals surface area contributed by atoms with Crippen molar-refractivity contribution in [2.45, 2.75) is 6.92 Å². The summed E-state index contributed by atoms with van der Waals surface area (Å²) < 4.78 is 10.5. The van der Waals surface area contributed by atoms with Gasteiger partial charge in [-0.2, -0.15) is 5.10 Å². The number of hydrogen-bond donors (Lipinski definition) is 1. The Morgan fingerprint density at radius 1 is 1.09 bits per heavy atom. The third-order valence-corrected chi connectivity index (χ3v) is 3.47. The van der Waals surface area contributed by atoms with Crippen molar-refractivity contribution in [2.75, 3.05) is 6.79 Å². The number of ether oxygens (including phenoxy) is 2. The first-order chi connectivity index (χ1) is 10.6. The molecule has 6 heteroatoms. The van der Waals surface area contributed by atoms with Gasteiger partial charge in [0.15, 0.2) is 11.5 Å². The van der Waals surface area contributed by atoms with E-state index in [4.69, 9.17) is 21.1 Å². The highest BCUT2D eigenvalue weighted by Crippen LogP contribution is 2.32. The molecule has 0 aliphatic carbocycles. The molecule has 2 aromatic rings. The van der Waals surface area contributed by atoms with Crippen LogP contribution in [0.4, 0.5) is 0 Å². The Bertz CT molecular complexity index is 742. The molecular formula is C16H13ClN2O3. The SMILES string of the molecule is CC(=NNC(=O)c1ccc2c(c1)OCO2)c1ccc(Cl)cc1. The number of rotatable bonds is 3. The standard InChI is InChI=1S/C16H13ClN2O3/c1-10(11-2-5-13(17)6-3-11)18-19-16(20)12-4-7-14-15(8-12)22-9-21-14/h2-8H,9H2,1H3,(H,19,20). The van der Waals surface area contributed by atoms with Crippen LogP contribution in [0.2, 0.25) is 5.02 Å². The Hall–Kier alpha value is -2.53. The third kappa shape index (κ3) is 3.04. The van der Waals surface area contributed by atoms with Gasteiger partial charge < -0.3 is 9.47 Å². The number of hydrogen-bond acceptors (Lipinski definition) is 4. The minimum absolute atomic E-state index is 0.175. The molecule has 0 spiro atoms. The van der Waals surface area contributed by atoms with Crippen LogP contribution in [0.3, 0.4) is 0 Å². The predicted octanol–water partition coefficient (Wildman–Crippen LogP) is 3.22. The van der Waals surface area contributed by atoms with Gasteiger partial charge in [-0.05, 0) is 42.8 Å². The Morgan fingerprint density at radius 2 is 1.77 bits per heavy atom. The largest absolute Gasteiger partial charge is 0.454 e. The molecule has 0 fully saturated rings. The van der Waals surface area contributed by atoms with Crippen LogP contribution in [0.5, 0.6) is 11.5 Å². The first-order valence-electron chi connectivity index (χ1n) is 6.64. The average molecular weight is 317 g/mol. The maximum Gasteiger partial charge on any atom is 0.271 e. The summed E-state index contributed by atoms with van der Waals surface area (Å²) in [7, 11) is 0. The van der Waals surface area contributed by atoms with Crippen LogP contribution in [-0.2, 0) is 0 Å². The van der Waals surface area contributed by atoms with Crippen LogP contribution in [-0.4, -0.2) is 18.4 Å². The Labute approximate surface area is 132 Å². The van der Waals surface area contributed by atoms with E-state index in [1.54, 1.807) is 30.3 Å². The van der Waals surface area contributed by atoms with Gasteiger partial charge in [0.05, 0.1) is 5.71 Å². The number of halogens is 1. The monoisotopic (exact) mass is 316 g/mol. The zero-order valence-corrected chi connectivity index (χ0v) is 12.6. The summed E-state index contributed by atoms with van der Waals surface area (Å²) >= 11 is 5.84. The highest BCUT2D eigenvalue weighted by molar-refractivity contribution is 6.30. The van der Waals surface area contributed by atoms with Crippen molar-refractivity contribution < 1.29 is 14.3 Å². The van der Waals surface area contributed by atoms with Crippen molar-refractivity contribution in [3.05, 3.63) is 58.6 Å². The molecule has 1 aliphatic rings. The van der Waals surface area contributed by atoms with Crippen molar-refractivity contribution in [3.63, 3.8) is 0 Å². The summed E-state index contributed by atoms with van der Waals surface area (Å²) in [5.41, 5.74) is 4.55. The van der Waals surface area contributed by atoms with Crippen molar-refractivity contribution in [3.8, 4) is 11.5 Å². The van der Waals surface area contributed by atoms with E-state index in [9.17, 15) is 4.79 Å².